The maximum atomic E-state index is 12.3. The SMILES string of the molecule is Cc1cccc(-c2nc(C)cc(N3CCN(C(=O)CC(C)C)CC3)n2)c1. The first-order chi connectivity index (χ1) is 12.4. The van der Waals surface area contributed by atoms with Crippen LogP contribution in [0.15, 0.2) is 30.3 Å². The maximum absolute atomic E-state index is 12.3. The van der Waals surface area contributed by atoms with Gasteiger partial charge in [0.1, 0.15) is 5.82 Å². The summed E-state index contributed by atoms with van der Waals surface area (Å²) < 4.78 is 0. The van der Waals surface area contributed by atoms with Crippen molar-refractivity contribution in [3.63, 3.8) is 0 Å². The lowest BCUT2D eigenvalue weighted by molar-refractivity contribution is -0.132. The van der Waals surface area contributed by atoms with Crippen LogP contribution in [0.1, 0.15) is 31.5 Å². The number of aromatic nitrogens is 2. The first-order valence-corrected chi connectivity index (χ1v) is 9.38. The van der Waals surface area contributed by atoms with Gasteiger partial charge in [-0.1, -0.05) is 37.6 Å². The number of carbonyl (C=O) groups excluding carboxylic acids is 1. The molecule has 3 rings (SSSR count). The molecule has 5 nitrogen and oxygen atoms in total. The predicted molar refractivity (Wildman–Crippen MR) is 105 cm³/mol. The van der Waals surface area contributed by atoms with Crippen LogP contribution in [-0.2, 0) is 4.79 Å². The van der Waals surface area contributed by atoms with Crippen LogP contribution < -0.4 is 4.90 Å². The number of carbonyl (C=O) groups is 1. The third-order valence-electron chi connectivity index (χ3n) is 4.66. The maximum Gasteiger partial charge on any atom is 0.222 e. The molecule has 0 aliphatic carbocycles. The number of hydrogen-bond acceptors (Lipinski definition) is 4. The van der Waals surface area contributed by atoms with Crippen LogP contribution in [-0.4, -0.2) is 47.0 Å². The van der Waals surface area contributed by atoms with Crippen LogP contribution in [0.4, 0.5) is 5.82 Å². The van der Waals surface area contributed by atoms with Gasteiger partial charge in [-0.2, -0.15) is 0 Å². The van der Waals surface area contributed by atoms with Crippen molar-refractivity contribution in [1.29, 1.82) is 0 Å². The van der Waals surface area contributed by atoms with Crippen molar-refractivity contribution in [3.8, 4) is 11.4 Å². The molecule has 1 amide bonds. The van der Waals surface area contributed by atoms with E-state index in [1.54, 1.807) is 0 Å². The first kappa shape index (κ1) is 18.4. The average molecular weight is 352 g/mol. The van der Waals surface area contributed by atoms with E-state index in [0.29, 0.717) is 12.3 Å². The molecule has 0 spiro atoms. The van der Waals surface area contributed by atoms with Crippen LogP contribution in [0.2, 0.25) is 0 Å². The zero-order valence-electron chi connectivity index (χ0n) is 16.2. The molecule has 0 radical (unpaired) electrons. The standard InChI is InChI=1S/C21H28N4O/c1-15(2)12-20(26)25-10-8-24(9-11-25)19-14-17(4)22-21(23-19)18-7-5-6-16(3)13-18/h5-7,13-15H,8-12H2,1-4H3. The number of nitrogens with zero attached hydrogens (tertiary/aromatic N) is 4. The Morgan fingerprint density at radius 2 is 1.81 bits per heavy atom. The van der Waals surface area contributed by atoms with E-state index in [-0.39, 0.29) is 5.91 Å². The molecule has 0 bridgehead atoms. The molecule has 2 heterocycles. The Hall–Kier alpha value is -2.43. The number of hydrogen-bond donors (Lipinski definition) is 0. The molecule has 0 saturated carbocycles. The minimum Gasteiger partial charge on any atom is -0.353 e. The van der Waals surface area contributed by atoms with E-state index in [1.807, 2.05) is 30.0 Å². The van der Waals surface area contributed by atoms with Crippen molar-refractivity contribution in [2.24, 2.45) is 5.92 Å². The summed E-state index contributed by atoms with van der Waals surface area (Å²) in [4.78, 5) is 25.9. The van der Waals surface area contributed by atoms with Gasteiger partial charge >= 0.3 is 0 Å². The highest BCUT2D eigenvalue weighted by molar-refractivity contribution is 5.76. The molecule has 0 N–H and O–H groups in total. The highest BCUT2D eigenvalue weighted by Crippen LogP contribution is 2.22. The molecule has 138 valence electrons. The highest BCUT2D eigenvalue weighted by atomic mass is 16.2. The van der Waals surface area contributed by atoms with Gasteiger partial charge in [-0.15, -0.1) is 0 Å². The third-order valence-corrected chi connectivity index (χ3v) is 4.66. The minimum atomic E-state index is 0.263. The van der Waals surface area contributed by atoms with E-state index >= 15 is 0 Å². The summed E-state index contributed by atoms with van der Waals surface area (Å²) in [5.74, 6) is 2.38. The lowest BCUT2D eigenvalue weighted by Gasteiger charge is -2.36. The molecular formula is C21H28N4O. The largest absolute Gasteiger partial charge is 0.353 e. The van der Waals surface area contributed by atoms with Gasteiger partial charge in [-0.3, -0.25) is 4.79 Å². The summed E-state index contributed by atoms with van der Waals surface area (Å²) in [6.07, 6.45) is 0.629. The molecule has 1 aliphatic heterocycles. The summed E-state index contributed by atoms with van der Waals surface area (Å²) in [5.41, 5.74) is 3.21. The second kappa shape index (κ2) is 7.85. The van der Waals surface area contributed by atoms with Crippen molar-refractivity contribution in [3.05, 3.63) is 41.6 Å². The Balaban J connectivity index is 1.74. The monoisotopic (exact) mass is 352 g/mol. The van der Waals surface area contributed by atoms with E-state index < -0.39 is 0 Å². The number of amides is 1. The van der Waals surface area contributed by atoms with Gasteiger partial charge in [0.15, 0.2) is 5.82 Å². The van der Waals surface area contributed by atoms with E-state index in [4.69, 9.17) is 4.98 Å². The van der Waals surface area contributed by atoms with Crippen molar-refractivity contribution < 1.29 is 4.79 Å². The second-order valence-electron chi connectivity index (χ2n) is 7.53. The number of rotatable bonds is 4. The lowest BCUT2D eigenvalue weighted by atomic mass is 10.1. The van der Waals surface area contributed by atoms with Gasteiger partial charge in [0, 0.05) is 49.9 Å². The van der Waals surface area contributed by atoms with Crippen LogP contribution >= 0.6 is 0 Å². The quantitative estimate of drug-likeness (QED) is 0.846. The minimum absolute atomic E-state index is 0.263. The molecule has 26 heavy (non-hydrogen) atoms. The Kier molecular flexibility index (Phi) is 5.55. The normalized spacial score (nSPS) is 14.8. The van der Waals surface area contributed by atoms with E-state index in [9.17, 15) is 4.79 Å². The van der Waals surface area contributed by atoms with Crippen LogP contribution in [0.3, 0.4) is 0 Å². The second-order valence-corrected chi connectivity index (χ2v) is 7.53. The topological polar surface area (TPSA) is 49.3 Å². The molecular weight excluding hydrogens is 324 g/mol. The molecule has 0 atom stereocenters. The molecule has 2 aromatic rings. The van der Waals surface area contributed by atoms with Gasteiger partial charge in [0.2, 0.25) is 5.91 Å². The Morgan fingerprint density at radius 3 is 2.46 bits per heavy atom. The van der Waals surface area contributed by atoms with Gasteiger partial charge < -0.3 is 9.80 Å². The Labute approximate surface area is 156 Å². The number of piperazine rings is 1. The molecule has 1 aliphatic rings. The van der Waals surface area contributed by atoms with E-state index in [2.05, 4.69) is 42.8 Å². The summed E-state index contributed by atoms with van der Waals surface area (Å²) in [5, 5.41) is 0. The fraction of sp³-hybridized carbons (Fsp3) is 0.476. The fourth-order valence-corrected chi connectivity index (χ4v) is 3.29. The number of benzene rings is 1. The molecule has 1 aromatic heterocycles. The summed E-state index contributed by atoms with van der Waals surface area (Å²) in [6, 6.07) is 10.3. The van der Waals surface area contributed by atoms with Crippen molar-refractivity contribution >= 4 is 11.7 Å². The van der Waals surface area contributed by atoms with Crippen LogP contribution in [0.25, 0.3) is 11.4 Å². The van der Waals surface area contributed by atoms with Gasteiger partial charge in [0.25, 0.3) is 0 Å². The zero-order chi connectivity index (χ0) is 18.7. The predicted octanol–water partition coefficient (Wildman–Crippen LogP) is 3.46. The van der Waals surface area contributed by atoms with Gasteiger partial charge in [-0.25, -0.2) is 9.97 Å². The molecule has 5 heteroatoms. The summed E-state index contributed by atoms with van der Waals surface area (Å²) in [6.45, 7) is 11.4. The molecule has 1 saturated heterocycles. The molecule has 1 fully saturated rings. The van der Waals surface area contributed by atoms with Crippen molar-refractivity contribution in [2.75, 3.05) is 31.1 Å². The van der Waals surface area contributed by atoms with E-state index in [1.165, 1.54) is 5.56 Å². The van der Waals surface area contributed by atoms with Crippen LogP contribution in [0.5, 0.6) is 0 Å². The zero-order valence-corrected chi connectivity index (χ0v) is 16.2. The molecule has 1 aromatic carbocycles. The average Bonchev–Trinajstić information content (AvgIpc) is 2.61. The fourth-order valence-electron chi connectivity index (χ4n) is 3.29. The third kappa shape index (κ3) is 4.40. The van der Waals surface area contributed by atoms with Crippen molar-refractivity contribution in [1.82, 2.24) is 14.9 Å². The van der Waals surface area contributed by atoms with Crippen molar-refractivity contribution in [2.45, 2.75) is 34.1 Å². The summed E-state index contributed by atoms with van der Waals surface area (Å²) in [7, 11) is 0. The van der Waals surface area contributed by atoms with E-state index in [0.717, 1.165) is 49.1 Å². The van der Waals surface area contributed by atoms with Gasteiger partial charge in [0.05, 0.1) is 0 Å². The first-order valence-electron chi connectivity index (χ1n) is 9.38. The Morgan fingerprint density at radius 1 is 1.08 bits per heavy atom. The highest BCUT2D eigenvalue weighted by Gasteiger charge is 2.23. The number of aryl methyl sites for hydroxylation is 2. The number of anilines is 1. The van der Waals surface area contributed by atoms with Gasteiger partial charge in [-0.05, 0) is 25.8 Å². The smallest absolute Gasteiger partial charge is 0.222 e. The molecule has 0 unspecified atom stereocenters. The lowest BCUT2D eigenvalue weighted by Crippen LogP contribution is -2.49. The Bertz CT molecular complexity index is 779. The van der Waals surface area contributed by atoms with Crippen LogP contribution in [0, 0.1) is 19.8 Å². The summed E-state index contributed by atoms with van der Waals surface area (Å²) >= 11 is 0.